The van der Waals surface area contributed by atoms with Crippen LogP contribution in [0.5, 0.6) is 0 Å². The molecule has 0 aromatic carbocycles. The Morgan fingerprint density at radius 1 is 1.33 bits per heavy atom. The number of halogens is 3. The lowest BCUT2D eigenvalue weighted by atomic mass is 10.5. The van der Waals surface area contributed by atoms with E-state index in [0.29, 0.717) is 4.31 Å². The topological polar surface area (TPSA) is 72.6 Å². The first-order valence-corrected chi connectivity index (χ1v) is 7.05. The SMILES string of the molecule is CC(C)OCCS(=O)(=O)N(CCN)CC(F)(F)F. The number of alkyl halides is 3. The molecule has 18 heavy (non-hydrogen) atoms. The lowest BCUT2D eigenvalue weighted by Gasteiger charge is -2.22. The van der Waals surface area contributed by atoms with E-state index in [9.17, 15) is 21.6 Å². The van der Waals surface area contributed by atoms with Crippen molar-refractivity contribution in [3.8, 4) is 0 Å². The molecule has 0 aromatic heterocycles. The zero-order valence-electron chi connectivity index (χ0n) is 10.4. The van der Waals surface area contributed by atoms with Gasteiger partial charge in [0, 0.05) is 13.1 Å². The van der Waals surface area contributed by atoms with Gasteiger partial charge in [0.15, 0.2) is 0 Å². The third-order valence-corrected chi connectivity index (χ3v) is 3.70. The lowest BCUT2D eigenvalue weighted by molar-refractivity contribution is -0.136. The highest BCUT2D eigenvalue weighted by Gasteiger charge is 2.35. The molecule has 0 aromatic rings. The van der Waals surface area contributed by atoms with E-state index >= 15 is 0 Å². The van der Waals surface area contributed by atoms with Crippen LogP contribution in [0.4, 0.5) is 13.2 Å². The standard InChI is InChI=1S/C9H19F3N2O3S/c1-8(2)17-5-6-18(15,16)14(4-3-13)7-9(10,11)12/h8H,3-7,13H2,1-2H3. The van der Waals surface area contributed by atoms with E-state index in [2.05, 4.69) is 0 Å². The number of nitrogens with zero attached hydrogens (tertiary/aromatic N) is 1. The summed E-state index contributed by atoms with van der Waals surface area (Å²) in [5.74, 6) is -0.485. The average molecular weight is 292 g/mol. The number of hydrogen-bond donors (Lipinski definition) is 1. The van der Waals surface area contributed by atoms with Gasteiger partial charge in [-0.15, -0.1) is 0 Å². The zero-order chi connectivity index (χ0) is 14.4. The summed E-state index contributed by atoms with van der Waals surface area (Å²) in [5, 5.41) is 0. The fourth-order valence-corrected chi connectivity index (χ4v) is 2.47. The first-order chi connectivity index (χ1) is 8.08. The largest absolute Gasteiger partial charge is 0.402 e. The summed E-state index contributed by atoms with van der Waals surface area (Å²) in [4.78, 5) is 0. The Labute approximate surface area is 105 Å². The van der Waals surface area contributed by atoms with Crippen LogP contribution < -0.4 is 5.73 Å². The molecular weight excluding hydrogens is 273 g/mol. The Kier molecular flexibility index (Phi) is 7.11. The minimum Gasteiger partial charge on any atom is -0.378 e. The lowest BCUT2D eigenvalue weighted by Crippen LogP contribution is -2.43. The van der Waals surface area contributed by atoms with E-state index in [1.807, 2.05) is 0 Å². The normalized spacial score (nSPS) is 13.6. The maximum atomic E-state index is 12.2. The number of nitrogens with two attached hydrogens (primary N) is 1. The quantitative estimate of drug-likeness (QED) is 0.709. The predicted molar refractivity (Wildman–Crippen MR) is 61.6 cm³/mol. The summed E-state index contributed by atoms with van der Waals surface area (Å²) in [6, 6.07) is 0. The molecule has 0 atom stereocenters. The van der Waals surface area contributed by atoms with Crippen molar-refractivity contribution in [2.45, 2.75) is 26.1 Å². The van der Waals surface area contributed by atoms with Crippen LogP contribution in [0, 0.1) is 0 Å². The third-order valence-electron chi connectivity index (χ3n) is 1.92. The molecular formula is C9H19F3N2O3S. The van der Waals surface area contributed by atoms with Gasteiger partial charge in [-0.25, -0.2) is 8.42 Å². The van der Waals surface area contributed by atoms with Gasteiger partial charge < -0.3 is 10.5 Å². The van der Waals surface area contributed by atoms with Gasteiger partial charge in [-0.1, -0.05) is 0 Å². The van der Waals surface area contributed by atoms with E-state index in [0.717, 1.165) is 0 Å². The Balaban J connectivity index is 4.56. The average Bonchev–Trinajstić information content (AvgIpc) is 2.14. The molecule has 0 spiro atoms. The molecule has 0 fully saturated rings. The Morgan fingerprint density at radius 2 is 1.89 bits per heavy atom. The van der Waals surface area contributed by atoms with E-state index in [-0.39, 0.29) is 25.8 Å². The summed E-state index contributed by atoms with van der Waals surface area (Å²) in [5.41, 5.74) is 5.12. The second-order valence-corrected chi connectivity index (χ2v) is 6.06. The first kappa shape index (κ1) is 17.6. The Hall–Kier alpha value is -0.380. The summed E-state index contributed by atoms with van der Waals surface area (Å²) in [6.07, 6.45) is -4.76. The van der Waals surface area contributed by atoms with Gasteiger partial charge >= 0.3 is 6.18 Å². The van der Waals surface area contributed by atoms with Gasteiger partial charge in [0.25, 0.3) is 0 Å². The molecule has 0 heterocycles. The van der Waals surface area contributed by atoms with Gasteiger partial charge in [-0.2, -0.15) is 17.5 Å². The highest BCUT2D eigenvalue weighted by atomic mass is 32.2. The molecule has 0 amide bonds. The number of hydrogen-bond acceptors (Lipinski definition) is 4. The number of sulfonamides is 1. The van der Waals surface area contributed by atoms with E-state index in [4.69, 9.17) is 10.5 Å². The highest BCUT2D eigenvalue weighted by molar-refractivity contribution is 7.89. The predicted octanol–water partition coefficient (Wildman–Crippen LogP) is 0.564. The molecule has 0 bridgehead atoms. The van der Waals surface area contributed by atoms with Gasteiger partial charge in [-0.05, 0) is 13.8 Å². The third kappa shape index (κ3) is 7.85. The molecule has 9 heteroatoms. The van der Waals surface area contributed by atoms with Gasteiger partial charge in [-0.3, -0.25) is 0 Å². The molecule has 2 N–H and O–H groups in total. The van der Waals surface area contributed by atoms with Gasteiger partial charge in [0.05, 0.1) is 18.5 Å². The van der Waals surface area contributed by atoms with Crippen molar-refractivity contribution >= 4 is 10.0 Å². The van der Waals surface area contributed by atoms with Gasteiger partial charge in [0.1, 0.15) is 6.54 Å². The van der Waals surface area contributed by atoms with Crippen molar-refractivity contribution in [1.82, 2.24) is 4.31 Å². The van der Waals surface area contributed by atoms with Crippen LogP contribution in [0.15, 0.2) is 0 Å². The second-order valence-electron chi connectivity index (χ2n) is 3.97. The van der Waals surface area contributed by atoms with Crippen LogP contribution in [0.1, 0.15) is 13.8 Å². The Morgan fingerprint density at radius 3 is 2.28 bits per heavy atom. The highest BCUT2D eigenvalue weighted by Crippen LogP contribution is 2.18. The van der Waals surface area contributed by atoms with Crippen molar-refractivity contribution in [1.29, 1.82) is 0 Å². The monoisotopic (exact) mass is 292 g/mol. The van der Waals surface area contributed by atoms with Crippen molar-refractivity contribution in [3.63, 3.8) is 0 Å². The van der Waals surface area contributed by atoms with E-state index in [1.165, 1.54) is 0 Å². The molecule has 0 aliphatic carbocycles. The summed E-state index contributed by atoms with van der Waals surface area (Å²) in [6.45, 7) is 1.23. The molecule has 0 rings (SSSR count). The smallest absolute Gasteiger partial charge is 0.378 e. The van der Waals surface area contributed by atoms with Crippen molar-refractivity contribution in [3.05, 3.63) is 0 Å². The van der Waals surface area contributed by atoms with Crippen molar-refractivity contribution in [2.75, 3.05) is 32.0 Å². The summed E-state index contributed by atoms with van der Waals surface area (Å²) in [7, 11) is -4.01. The molecule has 110 valence electrons. The Bertz CT molecular complexity index is 330. The number of rotatable bonds is 8. The minimum absolute atomic E-state index is 0.140. The van der Waals surface area contributed by atoms with E-state index in [1.54, 1.807) is 13.8 Å². The van der Waals surface area contributed by atoms with Crippen LogP contribution in [-0.2, 0) is 14.8 Å². The molecule has 0 saturated carbocycles. The molecule has 0 saturated heterocycles. The van der Waals surface area contributed by atoms with Crippen LogP contribution in [0.3, 0.4) is 0 Å². The summed E-state index contributed by atoms with van der Waals surface area (Å²) < 4.78 is 65.4. The molecule has 0 aliphatic heterocycles. The van der Waals surface area contributed by atoms with Crippen molar-refractivity contribution < 1.29 is 26.3 Å². The van der Waals surface area contributed by atoms with Crippen molar-refractivity contribution in [2.24, 2.45) is 5.73 Å². The summed E-state index contributed by atoms with van der Waals surface area (Å²) >= 11 is 0. The fraction of sp³-hybridized carbons (Fsp3) is 1.00. The number of ether oxygens (including phenoxy) is 1. The van der Waals surface area contributed by atoms with Crippen LogP contribution in [0.2, 0.25) is 0 Å². The fourth-order valence-electron chi connectivity index (χ4n) is 1.18. The molecule has 0 aliphatic rings. The van der Waals surface area contributed by atoms with Crippen LogP contribution >= 0.6 is 0 Å². The van der Waals surface area contributed by atoms with Gasteiger partial charge in [0.2, 0.25) is 10.0 Å². The van der Waals surface area contributed by atoms with Crippen LogP contribution in [-0.4, -0.2) is 57.0 Å². The first-order valence-electron chi connectivity index (χ1n) is 5.44. The molecule has 0 unspecified atom stereocenters. The molecule has 5 nitrogen and oxygen atoms in total. The van der Waals surface area contributed by atoms with Crippen LogP contribution in [0.25, 0.3) is 0 Å². The second kappa shape index (κ2) is 7.27. The maximum Gasteiger partial charge on any atom is 0.402 e. The maximum absolute atomic E-state index is 12.2. The minimum atomic E-state index is -4.58. The van der Waals surface area contributed by atoms with E-state index < -0.39 is 28.5 Å². The zero-order valence-corrected chi connectivity index (χ0v) is 11.2. The molecule has 0 radical (unpaired) electrons.